The Morgan fingerprint density at radius 2 is 2.08 bits per heavy atom. The average Bonchev–Trinajstić information content (AvgIpc) is 3.16. The topological polar surface area (TPSA) is 116 Å². The Labute approximate surface area is 147 Å². The highest BCUT2D eigenvalue weighted by Gasteiger charge is 2.66. The number of benzene rings is 1. The lowest BCUT2D eigenvalue weighted by Crippen LogP contribution is -2.38. The van der Waals surface area contributed by atoms with E-state index in [9.17, 15) is 24.5 Å². The molecule has 134 valence electrons. The number of amides is 2. The number of ether oxygens (including phenoxy) is 2. The Morgan fingerprint density at radius 3 is 2.69 bits per heavy atom. The minimum absolute atomic E-state index is 0.0694. The number of imide groups is 1. The molecule has 9 nitrogen and oxygen atoms in total. The molecule has 0 radical (unpaired) electrons. The summed E-state index contributed by atoms with van der Waals surface area (Å²) in [5.74, 6) is -3.16. The van der Waals surface area contributed by atoms with Crippen LogP contribution in [0.5, 0.6) is 5.75 Å². The van der Waals surface area contributed by atoms with Crippen molar-refractivity contribution in [3.05, 3.63) is 40.5 Å². The molecule has 0 N–H and O–H groups in total. The van der Waals surface area contributed by atoms with E-state index in [-0.39, 0.29) is 11.4 Å². The lowest BCUT2D eigenvalue weighted by atomic mass is 9.78. The van der Waals surface area contributed by atoms with E-state index in [1.165, 1.54) is 12.1 Å². The second-order valence-electron chi connectivity index (χ2n) is 6.64. The van der Waals surface area contributed by atoms with Gasteiger partial charge in [-0.1, -0.05) is 12.2 Å². The Balaban J connectivity index is 1.74. The van der Waals surface area contributed by atoms with Crippen LogP contribution in [0.1, 0.15) is 13.8 Å². The van der Waals surface area contributed by atoms with Crippen LogP contribution in [0.25, 0.3) is 0 Å². The molecule has 2 bridgehead atoms. The molecule has 0 saturated carbocycles. The van der Waals surface area contributed by atoms with Gasteiger partial charge in [0.1, 0.15) is 0 Å². The Bertz CT molecular complexity index is 908. The van der Waals surface area contributed by atoms with Crippen molar-refractivity contribution in [2.45, 2.75) is 25.6 Å². The highest BCUT2D eigenvalue weighted by molar-refractivity contribution is 6.23. The smallest absolute Gasteiger partial charge is 0.313 e. The maximum absolute atomic E-state index is 12.9. The second-order valence-corrected chi connectivity index (χ2v) is 6.64. The average molecular weight is 358 g/mol. The van der Waals surface area contributed by atoms with Gasteiger partial charge in [-0.3, -0.25) is 24.5 Å². The number of nitro groups is 1. The quantitative estimate of drug-likeness (QED) is 0.200. The van der Waals surface area contributed by atoms with Crippen molar-refractivity contribution in [1.82, 2.24) is 0 Å². The third-order valence-corrected chi connectivity index (χ3v) is 4.98. The molecule has 2 saturated heterocycles. The maximum atomic E-state index is 12.9. The summed E-state index contributed by atoms with van der Waals surface area (Å²) in [5, 5.41) is 11.3. The molecule has 3 aliphatic heterocycles. The highest BCUT2D eigenvalue weighted by atomic mass is 16.6. The van der Waals surface area contributed by atoms with Crippen LogP contribution < -0.4 is 9.64 Å². The van der Waals surface area contributed by atoms with Crippen molar-refractivity contribution in [3.63, 3.8) is 0 Å². The molecule has 1 aromatic rings. The summed E-state index contributed by atoms with van der Waals surface area (Å²) >= 11 is 0. The third kappa shape index (κ3) is 2.10. The first-order chi connectivity index (χ1) is 12.2. The normalized spacial score (nSPS) is 31.5. The fourth-order valence-electron chi connectivity index (χ4n) is 3.94. The zero-order valence-electron chi connectivity index (χ0n) is 13.9. The molecule has 0 spiro atoms. The van der Waals surface area contributed by atoms with Gasteiger partial charge in [-0.15, -0.1) is 0 Å². The molecule has 0 aromatic heterocycles. The van der Waals surface area contributed by atoms with Crippen LogP contribution in [0.2, 0.25) is 0 Å². The van der Waals surface area contributed by atoms with E-state index in [0.717, 1.165) is 17.9 Å². The number of rotatable bonds is 3. The monoisotopic (exact) mass is 358 g/mol. The highest BCUT2D eigenvalue weighted by Crippen LogP contribution is 2.52. The van der Waals surface area contributed by atoms with Gasteiger partial charge < -0.3 is 9.47 Å². The molecule has 1 aromatic carbocycles. The predicted octanol–water partition coefficient (Wildman–Crippen LogP) is 1.35. The van der Waals surface area contributed by atoms with E-state index in [0.29, 0.717) is 0 Å². The van der Waals surface area contributed by atoms with Crippen molar-refractivity contribution in [3.8, 4) is 5.75 Å². The molecule has 4 atom stereocenters. The van der Waals surface area contributed by atoms with Crippen molar-refractivity contribution in [2.75, 3.05) is 4.90 Å². The number of carbonyl (C=O) groups is 3. The number of anilines is 1. The molecule has 2 fully saturated rings. The first-order valence-electron chi connectivity index (χ1n) is 7.95. The molecule has 9 heteroatoms. The maximum Gasteiger partial charge on any atom is 0.313 e. The molecular formula is C17H14N2O7. The fourth-order valence-corrected chi connectivity index (χ4v) is 3.94. The minimum atomic E-state index is -0.847. The van der Waals surface area contributed by atoms with Gasteiger partial charge in [-0.25, -0.2) is 4.90 Å². The lowest BCUT2D eigenvalue weighted by Gasteiger charge is -2.24. The van der Waals surface area contributed by atoms with Crippen LogP contribution in [-0.4, -0.2) is 34.4 Å². The summed E-state index contributed by atoms with van der Waals surface area (Å²) in [6.45, 7) is 2.87. The van der Waals surface area contributed by atoms with Crippen LogP contribution in [-0.2, 0) is 19.1 Å². The predicted molar refractivity (Wildman–Crippen MR) is 86.3 cm³/mol. The Morgan fingerprint density at radius 1 is 1.35 bits per heavy atom. The molecule has 3 aliphatic rings. The van der Waals surface area contributed by atoms with Crippen molar-refractivity contribution in [1.29, 1.82) is 0 Å². The fraction of sp³-hybridized carbons (Fsp3) is 0.353. The first-order valence-corrected chi connectivity index (χ1v) is 7.95. The third-order valence-electron chi connectivity index (χ3n) is 4.98. The first kappa shape index (κ1) is 16.4. The van der Waals surface area contributed by atoms with Crippen LogP contribution in [0.3, 0.4) is 0 Å². The lowest BCUT2D eigenvalue weighted by molar-refractivity contribution is -0.385. The van der Waals surface area contributed by atoms with Gasteiger partial charge in [0.25, 0.3) is 0 Å². The van der Waals surface area contributed by atoms with E-state index in [1.54, 1.807) is 19.1 Å². The minimum Gasteiger partial charge on any atom is -0.419 e. The zero-order valence-corrected chi connectivity index (χ0v) is 13.9. The Kier molecular flexibility index (Phi) is 3.29. The summed E-state index contributed by atoms with van der Waals surface area (Å²) in [5.41, 5.74) is -1.28. The number of carbonyl (C=O) groups excluding carboxylic acids is 3. The standard InChI is InChI=1S/C17H14N2O7/c1-8(20)25-11-4-3-9(7-10(11)19(23)24)18-15(21)13-12-5-6-17(2,26-12)14(13)16(18)22/h3-7,12-14H,1-2H3/t12-,13-,14+,17-/m1/s1. The molecule has 0 unspecified atom stereocenters. The molecule has 26 heavy (non-hydrogen) atoms. The number of nitrogens with zero attached hydrogens (tertiary/aromatic N) is 2. The van der Waals surface area contributed by atoms with Gasteiger partial charge in [0.15, 0.2) is 0 Å². The summed E-state index contributed by atoms with van der Waals surface area (Å²) in [7, 11) is 0. The number of fused-ring (bicyclic) bond motifs is 5. The molecule has 2 amide bonds. The van der Waals surface area contributed by atoms with E-state index in [2.05, 4.69) is 0 Å². The number of nitro benzene ring substituents is 1. The van der Waals surface area contributed by atoms with Crippen LogP contribution in [0, 0.1) is 22.0 Å². The number of esters is 1. The van der Waals surface area contributed by atoms with Crippen LogP contribution >= 0.6 is 0 Å². The number of hydrogen-bond acceptors (Lipinski definition) is 7. The zero-order chi connectivity index (χ0) is 18.8. The van der Waals surface area contributed by atoms with Crippen molar-refractivity contribution < 1.29 is 28.8 Å². The van der Waals surface area contributed by atoms with E-state index < -0.39 is 51.9 Å². The summed E-state index contributed by atoms with van der Waals surface area (Å²) in [4.78, 5) is 48.3. The summed E-state index contributed by atoms with van der Waals surface area (Å²) in [6, 6.07) is 3.61. The van der Waals surface area contributed by atoms with E-state index in [4.69, 9.17) is 9.47 Å². The second kappa shape index (κ2) is 5.21. The molecule has 3 heterocycles. The van der Waals surface area contributed by atoms with Gasteiger partial charge >= 0.3 is 11.7 Å². The van der Waals surface area contributed by atoms with Gasteiger partial charge in [-0.2, -0.15) is 0 Å². The van der Waals surface area contributed by atoms with Gasteiger partial charge in [0.2, 0.25) is 17.6 Å². The largest absolute Gasteiger partial charge is 0.419 e. The van der Waals surface area contributed by atoms with Crippen molar-refractivity contribution in [2.24, 2.45) is 11.8 Å². The molecular weight excluding hydrogens is 344 g/mol. The molecule has 0 aliphatic carbocycles. The van der Waals surface area contributed by atoms with E-state index in [1.807, 2.05) is 0 Å². The van der Waals surface area contributed by atoms with Gasteiger partial charge in [-0.05, 0) is 19.1 Å². The van der Waals surface area contributed by atoms with Gasteiger partial charge in [0.05, 0.1) is 34.2 Å². The number of hydrogen-bond donors (Lipinski definition) is 0. The summed E-state index contributed by atoms with van der Waals surface area (Å²) in [6.07, 6.45) is 3.07. The van der Waals surface area contributed by atoms with Crippen molar-refractivity contribution >= 4 is 29.2 Å². The van der Waals surface area contributed by atoms with Crippen LogP contribution in [0.15, 0.2) is 30.4 Å². The van der Waals surface area contributed by atoms with Crippen LogP contribution in [0.4, 0.5) is 11.4 Å². The van der Waals surface area contributed by atoms with Gasteiger partial charge in [0, 0.05) is 13.0 Å². The Hall–Kier alpha value is -3.07. The SMILES string of the molecule is CC(=O)Oc1ccc(N2C(=O)[C@H]3[C@@H](C2=O)[C@@]2(C)C=C[C@H]3O2)cc1[N+](=O)[O-]. The summed E-state index contributed by atoms with van der Waals surface area (Å²) < 4.78 is 10.5. The van der Waals surface area contributed by atoms with E-state index >= 15 is 0 Å². The molecule has 4 rings (SSSR count).